The zero-order chi connectivity index (χ0) is 62.3. The molecule has 0 bridgehead atoms. The number of benzene rings is 1. The van der Waals surface area contributed by atoms with E-state index >= 15 is 0 Å². The third-order valence-corrected chi connectivity index (χ3v) is 16.2. The molecule has 3 saturated heterocycles. The van der Waals surface area contributed by atoms with Gasteiger partial charge in [-0.3, -0.25) is 28.9 Å². The van der Waals surface area contributed by atoms with Crippen molar-refractivity contribution in [1.82, 2.24) is 25.3 Å². The number of carboxylic acid groups (broad SMARTS) is 1. The lowest BCUT2D eigenvalue weighted by molar-refractivity contribution is -0.347. The Balaban J connectivity index is 1.42. The lowest BCUT2D eigenvalue weighted by Gasteiger charge is -2.45. The Morgan fingerprint density at radius 3 is 1.99 bits per heavy atom. The fraction of sp³-hybridized carbons (Fsp3) is 0.786. The summed E-state index contributed by atoms with van der Waals surface area (Å²) in [6.45, 7) is 9.01. The molecule has 3 fully saturated rings. The summed E-state index contributed by atoms with van der Waals surface area (Å²) in [6, 6.07) is 4.27. The highest BCUT2D eigenvalue weighted by Gasteiger charge is 2.52. The summed E-state index contributed by atoms with van der Waals surface area (Å²) in [6.07, 6.45) is -22.1. The molecule has 3 aliphatic heterocycles. The molecule has 21 unspecified atom stereocenters. The Hall–Kier alpha value is -4.40. The number of ketones is 1. The fourth-order valence-corrected chi connectivity index (χ4v) is 11.5. The van der Waals surface area contributed by atoms with Crippen LogP contribution in [0.4, 0.5) is 0 Å². The van der Waals surface area contributed by atoms with Gasteiger partial charge in [0.15, 0.2) is 12.1 Å². The number of Topliss-reactive ketones (excluding diaryl/α,β-unsaturated/α-hetero) is 1. The number of aliphatic carboxylic acids is 1. The molecule has 27 heteroatoms. The topological polar surface area (TPSA) is 394 Å². The van der Waals surface area contributed by atoms with E-state index in [0.717, 1.165) is 5.56 Å². The molecule has 0 aliphatic carbocycles. The van der Waals surface area contributed by atoms with E-state index in [1.807, 2.05) is 13.8 Å². The third-order valence-electron chi connectivity index (χ3n) is 16.2. The van der Waals surface area contributed by atoms with E-state index in [2.05, 4.69) is 10.6 Å². The van der Waals surface area contributed by atoms with Gasteiger partial charge in [0.1, 0.15) is 60.9 Å². The molecule has 474 valence electrons. The zero-order valence-electron chi connectivity index (χ0n) is 49.4. The number of likely N-dealkylation sites (N-methyl/N-ethyl adjacent to an activating group) is 2. The van der Waals surface area contributed by atoms with Crippen LogP contribution in [0.3, 0.4) is 0 Å². The number of aliphatic hydroxyl groups excluding tert-OH is 9. The van der Waals surface area contributed by atoms with Crippen LogP contribution >= 0.6 is 0 Å². The summed E-state index contributed by atoms with van der Waals surface area (Å²) in [7, 11) is 5.87. The lowest BCUT2D eigenvalue weighted by atomic mass is 9.92. The maximum atomic E-state index is 14.5. The second kappa shape index (κ2) is 32.9. The summed E-state index contributed by atoms with van der Waals surface area (Å²) >= 11 is 0. The van der Waals surface area contributed by atoms with Gasteiger partial charge in [0, 0.05) is 46.7 Å². The molecule has 4 rings (SSSR count). The molecule has 21 atom stereocenters. The highest BCUT2D eigenvalue weighted by atomic mass is 16.7. The van der Waals surface area contributed by atoms with Crippen molar-refractivity contribution in [3.63, 3.8) is 0 Å². The van der Waals surface area contributed by atoms with Crippen LogP contribution in [0.2, 0.25) is 0 Å². The van der Waals surface area contributed by atoms with Gasteiger partial charge in [-0.1, -0.05) is 78.8 Å². The summed E-state index contributed by atoms with van der Waals surface area (Å²) in [5.41, 5.74) is 0.727. The van der Waals surface area contributed by atoms with Gasteiger partial charge in [0.05, 0.1) is 74.7 Å². The predicted molar refractivity (Wildman–Crippen MR) is 293 cm³/mol. The van der Waals surface area contributed by atoms with Crippen LogP contribution < -0.4 is 10.6 Å². The number of nitrogens with one attached hydrogen (secondary N) is 2. The van der Waals surface area contributed by atoms with Crippen molar-refractivity contribution in [2.24, 2.45) is 23.7 Å². The standard InChI is InChI=1S/C56H93N5O22/c1-12-32(53(75)60(9)41(27(2)3)37(78-10)22-40(67)61-20-16-19-34(61)48(79-11)30(7)51(73)58-33(54(76)77)21-31-17-14-13-15-18-31)57-52(74)42(28(4)5)59(8)23-35(65)45(70)49(36(66)24-62)82-56-47(72)46(71)50(39(26-64)81-56)83-55-44(69)29(6)43(68)38(25-63)80-55/h13-15,17-18,27-30,32-39,41-43,45-50,55-56,62-66,68,70-72H,12,16,19-26H2,1-11H3,(H,57,74)(H,58,73)(H,76,77). The Morgan fingerprint density at radius 1 is 0.819 bits per heavy atom. The Morgan fingerprint density at radius 2 is 1.45 bits per heavy atom. The number of hydrogen-bond acceptors (Lipinski definition) is 22. The minimum Gasteiger partial charge on any atom is -0.480 e. The third kappa shape index (κ3) is 17.9. The molecule has 12 N–H and O–H groups in total. The Bertz CT molecular complexity index is 2220. The van der Waals surface area contributed by atoms with Gasteiger partial charge < -0.3 is 99.9 Å². The van der Waals surface area contributed by atoms with Gasteiger partial charge in [-0.15, -0.1) is 0 Å². The van der Waals surface area contributed by atoms with Crippen molar-refractivity contribution >= 4 is 35.4 Å². The first-order valence-electron chi connectivity index (χ1n) is 28.4. The van der Waals surface area contributed by atoms with E-state index in [1.54, 1.807) is 70.0 Å². The molecule has 3 aliphatic rings. The van der Waals surface area contributed by atoms with Crippen LogP contribution in [0.15, 0.2) is 30.3 Å². The van der Waals surface area contributed by atoms with E-state index in [0.29, 0.717) is 19.4 Å². The maximum Gasteiger partial charge on any atom is 0.326 e. The lowest BCUT2D eigenvalue weighted by Crippen LogP contribution is -2.64. The van der Waals surface area contributed by atoms with E-state index in [-0.39, 0.29) is 31.1 Å². The summed E-state index contributed by atoms with van der Waals surface area (Å²) in [4.78, 5) is 86.3. The van der Waals surface area contributed by atoms with Crippen molar-refractivity contribution in [3.05, 3.63) is 35.9 Å². The zero-order valence-corrected chi connectivity index (χ0v) is 49.4. The highest BCUT2D eigenvalue weighted by molar-refractivity contribution is 5.90. The number of likely N-dealkylation sites (tertiary alicyclic amines) is 1. The largest absolute Gasteiger partial charge is 0.480 e. The van der Waals surface area contributed by atoms with Gasteiger partial charge in [0.25, 0.3) is 0 Å². The molecule has 0 aromatic heterocycles. The molecule has 4 amide bonds. The van der Waals surface area contributed by atoms with E-state index in [4.69, 9.17) is 28.4 Å². The molecule has 0 spiro atoms. The predicted octanol–water partition coefficient (Wildman–Crippen LogP) is -3.25. The quantitative estimate of drug-likeness (QED) is 0.0337. The van der Waals surface area contributed by atoms with Crippen molar-refractivity contribution in [2.75, 3.05) is 61.2 Å². The van der Waals surface area contributed by atoms with Gasteiger partial charge in [0.2, 0.25) is 29.9 Å². The Labute approximate surface area is 485 Å². The number of carbonyl (C=O) groups is 6. The van der Waals surface area contributed by atoms with Crippen molar-refractivity contribution < 1.29 is 108 Å². The average Bonchev–Trinajstić information content (AvgIpc) is 3.90. The Kier molecular flexibility index (Phi) is 28.2. The van der Waals surface area contributed by atoms with Crippen molar-refractivity contribution in [1.29, 1.82) is 0 Å². The van der Waals surface area contributed by atoms with Crippen LogP contribution in [0.25, 0.3) is 0 Å². The average molecular weight is 1190 g/mol. The molecule has 83 heavy (non-hydrogen) atoms. The number of ether oxygens (including phenoxy) is 6. The highest BCUT2D eigenvalue weighted by Crippen LogP contribution is 2.33. The molecule has 1 aromatic carbocycles. The fourth-order valence-electron chi connectivity index (χ4n) is 11.5. The minimum absolute atomic E-state index is 0.0624. The SMILES string of the molecule is CCC(NC(=O)C(C(C)C)N(C)CC(O)C(O)C(OC1OC(CO)C(OC2OC(CO)C(O)C(C)C2=O)C(O)C1O)C(O)CO)C(=O)N(C)C(C(C)C)C(CC(=O)N1CCCC1C(OC)C(C)C(=O)NC(Cc1ccccc1)C(=O)O)OC. The van der Waals surface area contributed by atoms with E-state index in [1.165, 1.54) is 38.0 Å². The maximum absolute atomic E-state index is 14.5. The molecule has 3 heterocycles. The number of amides is 4. The van der Waals surface area contributed by atoms with E-state index in [9.17, 15) is 79.8 Å². The molecule has 1 aromatic rings. The number of methoxy groups -OCH3 is 2. The summed E-state index contributed by atoms with van der Waals surface area (Å²) in [5, 5.41) is 112. The van der Waals surface area contributed by atoms with Crippen LogP contribution in [0.1, 0.15) is 79.7 Å². The number of carbonyl (C=O) groups excluding carboxylic acids is 5. The first-order chi connectivity index (χ1) is 39.1. The first-order valence-corrected chi connectivity index (χ1v) is 28.4. The summed E-state index contributed by atoms with van der Waals surface area (Å²) < 4.78 is 34.2. The smallest absolute Gasteiger partial charge is 0.326 e. The van der Waals surface area contributed by atoms with Gasteiger partial charge in [-0.25, -0.2) is 4.79 Å². The molecule has 27 nitrogen and oxygen atoms in total. The molecule has 0 saturated carbocycles. The monoisotopic (exact) mass is 1190 g/mol. The second-order valence-corrected chi connectivity index (χ2v) is 22.7. The molecular weight excluding hydrogens is 1090 g/mol. The minimum atomic E-state index is -2.09. The summed E-state index contributed by atoms with van der Waals surface area (Å²) in [5.74, 6) is -6.68. The van der Waals surface area contributed by atoms with Crippen LogP contribution in [0.5, 0.6) is 0 Å². The van der Waals surface area contributed by atoms with E-state index < -0.39 is 190 Å². The van der Waals surface area contributed by atoms with Crippen LogP contribution in [-0.4, -0.2) is 278 Å². The molecule has 0 radical (unpaired) electrons. The number of rotatable bonds is 32. The van der Waals surface area contributed by atoms with Crippen molar-refractivity contribution in [2.45, 2.75) is 197 Å². The number of nitrogens with zero attached hydrogens (tertiary/aromatic N) is 3. The number of carboxylic acids is 1. The number of aliphatic hydroxyl groups is 9. The molecular formula is C56H93N5O22. The van der Waals surface area contributed by atoms with Gasteiger partial charge in [-0.2, -0.15) is 0 Å². The van der Waals surface area contributed by atoms with Crippen molar-refractivity contribution in [3.8, 4) is 0 Å². The second-order valence-electron chi connectivity index (χ2n) is 22.7. The van der Waals surface area contributed by atoms with Gasteiger partial charge in [-0.05, 0) is 43.7 Å². The normalized spacial score (nSPS) is 28.1. The van der Waals surface area contributed by atoms with Crippen LogP contribution in [0, 0.1) is 23.7 Å². The first kappa shape index (κ1) is 71.1. The number of hydrogen-bond donors (Lipinski definition) is 12. The van der Waals surface area contributed by atoms with Crippen LogP contribution in [-0.2, 0) is 63.6 Å². The van der Waals surface area contributed by atoms with Gasteiger partial charge >= 0.3 is 5.97 Å².